The average Bonchev–Trinajstić information content (AvgIpc) is 3.50. The molecule has 2 bridgehead atoms. The first-order valence-electron chi connectivity index (χ1n) is 11.1. The lowest BCUT2D eigenvalue weighted by molar-refractivity contribution is -0.383. The fraction of sp³-hybridized carbons (Fsp3) is 0.240. The summed E-state index contributed by atoms with van der Waals surface area (Å²) in [6, 6.07) is 17.1. The molecule has 3 aromatic carbocycles. The number of nitro groups is 1. The normalized spacial score (nSPS) is 23.2. The molecule has 3 fully saturated rings. The van der Waals surface area contributed by atoms with Crippen LogP contribution in [0, 0.1) is 10.1 Å². The molecule has 3 aromatic rings. The summed E-state index contributed by atoms with van der Waals surface area (Å²) in [5.41, 5.74) is 1.14. The number of carbonyl (C=O) groups excluding carboxylic acids is 3. The van der Waals surface area contributed by atoms with Gasteiger partial charge in [0, 0.05) is 18.0 Å². The molecule has 0 aliphatic carbocycles. The minimum Gasteiger partial charge on any atom is -0.335 e. The van der Waals surface area contributed by atoms with Crippen LogP contribution in [0.15, 0.2) is 66.7 Å². The van der Waals surface area contributed by atoms with E-state index in [2.05, 4.69) is 0 Å². The van der Waals surface area contributed by atoms with Gasteiger partial charge in [0.1, 0.15) is 6.04 Å². The Kier molecular flexibility index (Phi) is 4.41. The second-order valence-corrected chi connectivity index (χ2v) is 8.88. The van der Waals surface area contributed by atoms with Gasteiger partial charge in [-0.05, 0) is 24.1 Å². The Morgan fingerprint density at radius 1 is 0.971 bits per heavy atom. The summed E-state index contributed by atoms with van der Waals surface area (Å²) < 4.78 is 0. The molecule has 4 amide bonds. The van der Waals surface area contributed by atoms with Crippen molar-refractivity contribution in [3.8, 4) is 0 Å². The summed E-state index contributed by atoms with van der Waals surface area (Å²) in [7, 11) is 0. The van der Waals surface area contributed by atoms with E-state index in [1.165, 1.54) is 12.1 Å². The van der Waals surface area contributed by atoms with Crippen LogP contribution in [-0.4, -0.2) is 57.2 Å². The van der Waals surface area contributed by atoms with Crippen molar-refractivity contribution in [1.82, 2.24) is 9.80 Å². The van der Waals surface area contributed by atoms with Gasteiger partial charge >= 0.3 is 6.03 Å². The molecule has 170 valence electrons. The van der Waals surface area contributed by atoms with Crippen molar-refractivity contribution < 1.29 is 19.3 Å². The Hall–Kier alpha value is -4.27. The van der Waals surface area contributed by atoms with Crippen LogP contribution in [0.3, 0.4) is 0 Å². The van der Waals surface area contributed by atoms with Gasteiger partial charge < -0.3 is 9.80 Å². The van der Waals surface area contributed by atoms with Crippen LogP contribution in [0.5, 0.6) is 0 Å². The number of hydrogen-bond acceptors (Lipinski definition) is 5. The summed E-state index contributed by atoms with van der Waals surface area (Å²) in [5, 5.41) is 12.3. The number of carbonyl (C=O) groups is 3. The van der Waals surface area contributed by atoms with E-state index < -0.39 is 22.9 Å². The number of nitro benzene ring substituents is 1. The molecule has 3 saturated heterocycles. The zero-order chi connectivity index (χ0) is 23.6. The number of fused-ring (bicyclic) bond motifs is 6. The average molecular weight is 456 g/mol. The predicted octanol–water partition coefficient (Wildman–Crippen LogP) is 3.11. The molecule has 0 N–H and O–H groups in total. The van der Waals surface area contributed by atoms with E-state index in [4.69, 9.17) is 0 Å². The molecule has 34 heavy (non-hydrogen) atoms. The number of amides is 4. The lowest BCUT2D eigenvalue weighted by Gasteiger charge is -2.35. The maximum absolute atomic E-state index is 13.6. The highest BCUT2D eigenvalue weighted by atomic mass is 16.6. The third kappa shape index (κ3) is 2.83. The first-order chi connectivity index (χ1) is 16.5. The van der Waals surface area contributed by atoms with Crippen molar-refractivity contribution >= 4 is 40.0 Å². The molecule has 0 spiro atoms. The highest BCUT2D eigenvalue weighted by Crippen LogP contribution is 2.44. The molecular weight excluding hydrogens is 436 g/mol. The number of likely N-dealkylation sites (tertiary alicyclic amines) is 1. The van der Waals surface area contributed by atoms with E-state index >= 15 is 0 Å². The van der Waals surface area contributed by atoms with Gasteiger partial charge in [0.25, 0.3) is 11.6 Å². The summed E-state index contributed by atoms with van der Waals surface area (Å²) in [6.45, 7) is 0.403. The second-order valence-electron chi connectivity index (χ2n) is 8.88. The predicted molar refractivity (Wildman–Crippen MR) is 123 cm³/mol. The Bertz CT molecular complexity index is 1370. The molecule has 3 heterocycles. The summed E-state index contributed by atoms with van der Waals surface area (Å²) in [4.78, 5) is 55.5. The minimum atomic E-state index is -0.736. The van der Waals surface area contributed by atoms with Gasteiger partial charge in [-0.2, -0.15) is 0 Å². The molecule has 6 rings (SSSR count). The molecule has 0 unspecified atom stereocenters. The van der Waals surface area contributed by atoms with Crippen LogP contribution < -0.4 is 4.90 Å². The number of benzene rings is 3. The van der Waals surface area contributed by atoms with Gasteiger partial charge in [-0.15, -0.1) is 0 Å². The quantitative estimate of drug-likeness (QED) is 0.341. The van der Waals surface area contributed by atoms with Crippen molar-refractivity contribution in [2.24, 2.45) is 0 Å². The summed E-state index contributed by atoms with van der Waals surface area (Å²) >= 11 is 0. The van der Waals surface area contributed by atoms with Crippen molar-refractivity contribution in [2.45, 2.75) is 31.0 Å². The number of non-ortho nitro benzene ring substituents is 1. The molecule has 0 aromatic heterocycles. The van der Waals surface area contributed by atoms with Crippen LogP contribution >= 0.6 is 0 Å². The van der Waals surface area contributed by atoms with E-state index in [1.54, 1.807) is 34.1 Å². The first-order valence-corrected chi connectivity index (χ1v) is 11.1. The number of nitrogens with zero attached hydrogens (tertiary/aromatic N) is 4. The Morgan fingerprint density at radius 2 is 1.68 bits per heavy atom. The fourth-order valence-electron chi connectivity index (χ4n) is 5.66. The Balaban J connectivity index is 1.33. The minimum absolute atomic E-state index is 0.0576. The standard InChI is InChI=1S/C25H20N4O5/c30-22(12-15-6-2-1-3-7-15)26-14-16-13-21(26)23-24(31)28(25(32)27(16)23)19-10-11-20(29(33)34)18-9-5-4-8-17(18)19/h1-11,16,21,23H,12-14H2/t16-,21-,23+/m0/s1. The lowest BCUT2D eigenvalue weighted by atomic mass is 10.0. The van der Waals surface area contributed by atoms with Crippen molar-refractivity contribution in [2.75, 3.05) is 11.4 Å². The monoisotopic (exact) mass is 456 g/mol. The van der Waals surface area contributed by atoms with E-state index in [0.29, 0.717) is 29.4 Å². The van der Waals surface area contributed by atoms with Gasteiger partial charge in [0.2, 0.25) is 5.91 Å². The number of urea groups is 1. The van der Waals surface area contributed by atoms with E-state index in [9.17, 15) is 24.5 Å². The third-order valence-electron chi connectivity index (χ3n) is 7.10. The summed E-state index contributed by atoms with van der Waals surface area (Å²) in [5.74, 6) is -0.452. The summed E-state index contributed by atoms with van der Waals surface area (Å²) in [6.07, 6.45) is 0.827. The topological polar surface area (TPSA) is 104 Å². The third-order valence-corrected chi connectivity index (χ3v) is 7.10. The van der Waals surface area contributed by atoms with Gasteiger partial charge in [-0.3, -0.25) is 19.7 Å². The molecular formula is C25H20N4O5. The zero-order valence-electron chi connectivity index (χ0n) is 18.0. The molecule has 0 saturated carbocycles. The van der Waals surface area contributed by atoms with Crippen LogP contribution in [0.2, 0.25) is 0 Å². The van der Waals surface area contributed by atoms with Crippen LogP contribution in [0.25, 0.3) is 10.8 Å². The van der Waals surface area contributed by atoms with Crippen molar-refractivity contribution in [3.63, 3.8) is 0 Å². The molecule has 3 aliphatic heterocycles. The lowest BCUT2D eigenvalue weighted by Crippen LogP contribution is -2.55. The largest absolute Gasteiger partial charge is 0.335 e. The highest BCUT2D eigenvalue weighted by Gasteiger charge is 2.62. The van der Waals surface area contributed by atoms with Gasteiger partial charge in [0.05, 0.1) is 34.5 Å². The molecule has 0 radical (unpaired) electrons. The van der Waals surface area contributed by atoms with Gasteiger partial charge in [0.15, 0.2) is 0 Å². The second kappa shape index (κ2) is 7.38. The number of rotatable bonds is 4. The van der Waals surface area contributed by atoms with Gasteiger partial charge in [-0.25, -0.2) is 9.69 Å². The maximum atomic E-state index is 13.6. The molecule has 3 aliphatic rings. The van der Waals surface area contributed by atoms with Crippen LogP contribution in [0.1, 0.15) is 12.0 Å². The van der Waals surface area contributed by atoms with E-state index in [0.717, 1.165) is 10.5 Å². The van der Waals surface area contributed by atoms with E-state index in [-0.39, 0.29) is 30.1 Å². The Morgan fingerprint density at radius 3 is 2.41 bits per heavy atom. The first kappa shape index (κ1) is 20.3. The van der Waals surface area contributed by atoms with Crippen molar-refractivity contribution in [1.29, 1.82) is 0 Å². The van der Waals surface area contributed by atoms with Crippen molar-refractivity contribution in [3.05, 3.63) is 82.4 Å². The van der Waals surface area contributed by atoms with E-state index in [1.807, 2.05) is 30.3 Å². The highest BCUT2D eigenvalue weighted by molar-refractivity contribution is 6.25. The van der Waals surface area contributed by atoms with Crippen LogP contribution in [0.4, 0.5) is 16.2 Å². The van der Waals surface area contributed by atoms with Crippen LogP contribution in [-0.2, 0) is 16.0 Å². The number of anilines is 1. The molecule has 9 heteroatoms. The fourth-order valence-corrected chi connectivity index (χ4v) is 5.66. The number of hydrogen-bond donors (Lipinski definition) is 0. The SMILES string of the molecule is O=C1[C@H]2[C@@H]3C[C@@H](CN3C(=O)Cc3ccccc3)N2C(=O)N1c1ccc([N+](=O)[O-])c2ccccc12. The number of piperazine rings is 1. The van der Waals surface area contributed by atoms with Gasteiger partial charge in [-0.1, -0.05) is 48.5 Å². The molecule has 9 nitrogen and oxygen atoms in total. The number of imide groups is 1. The smallest absolute Gasteiger partial charge is 0.332 e. The molecule has 3 atom stereocenters. The zero-order valence-corrected chi connectivity index (χ0v) is 18.0. The maximum Gasteiger partial charge on any atom is 0.332 e. The Labute approximate surface area is 194 Å².